The first-order valence-corrected chi connectivity index (χ1v) is 9.51. The molecular weight excluding hydrogens is 345 g/mol. The van der Waals surface area contributed by atoms with Gasteiger partial charge >= 0.3 is 0 Å². The van der Waals surface area contributed by atoms with Crippen LogP contribution >= 0.6 is 0 Å². The van der Waals surface area contributed by atoms with Crippen LogP contribution < -0.4 is 10.1 Å². The summed E-state index contributed by atoms with van der Waals surface area (Å²) in [6.45, 7) is 2.81. The van der Waals surface area contributed by atoms with Gasteiger partial charge in [-0.3, -0.25) is 9.78 Å². The lowest BCUT2D eigenvalue weighted by Gasteiger charge is -2.25. The molecular formula is C21H26FN3O2. The number of aromatic nitrogens is 1. The van der Waals surface area contributed by atoms with Crippen molar-refractivity contribution in [2.24, 2.45) is 0 Å². The molecule has 0 spiro atoms. The maximum absolute atomic E-state index is 12.8. The van der Waals surface area contributed by atoms with E-state index >= 15 is 0 Å². The molecule has 3 rings (SSSR count). The van der Waals surface area contributed by atoms with Crippen LogP contribution in [0.25, 0.3) is 0 Å². The van der Waals surface area contributed by atoms with Crippen molar-refractivity contribution in [1.82, 2.24) is 15.2 Å². The molecule has 1 amide bonds. The van der Waals surface area contributed by atoms with Gasteiger partial charge < -0.3 is 15.0 Å². The summed E-state index contributed by atoms with van der Waals surface area (Å²) in [5.74, 6) is 0.648. The van der Waals surface area contributed by atoms with E-state index < -0.39 is 0 Å². The van der Waals surface area contributed by atoms with E-state index in [-0.39, 0.29) is 11.7 Å². The molecule has 6 heteroatoms. The summed E-state index contributed by atoms with van der Waals surface area (Å²) in [6.07, 6.45) is 5.08. The summed E-state index contributed by atoms with van der Waals surface area (Å²) in [5.41, 5.74) is 1.02. The highest BCUT2D eigenvalue weighted by Gasteiger charge is 2.29. The van der Waals surface area contributed by atoms with Gasteiger partial charge in [-0.2, -0.15) is 0 Å². The van der Waals surface area contributed by atoms with Crippen molar-refractivity contribution >= 4 is 5.91 Å². The zero-order valence-electron chi connectivity index (χ0n) is 15.4. The molecule has 2 heterocycles. The highest BCUT2D eigenvalue weighted by molar-refractivity contribution is 5.78. The average Bonchev–Trinajstić information content (AvgIpc) is 3.04. The number of likely N-dealkylation sites (tertiary alicyclic amines) is 1. The quantitative estimate of drug-likeness (QED) is 0.653. The monoisotopic (exact) mass is 371 g/mol. The smallest absolute Gasteiger partial charge is 0.222 e. The van der Waals surface area contributed by atoms with Gasteiger partial charge in [0.15, 0.2) is 0 Å². The van der Waals surface area contributed by atoms with Crippen molar-refractivity contribution in [2.45, 2.75) is 31.7 Å². The highest BCUT2D eigenvalue weighted by Crippen LogP contribution is 2.21. The van der Waals surface area contributed by atoms with Gasteiger partial charge in [0.1, 0.15) is 18.2 Å². The fourth-order valence-electron chi connectivity index (χ4n) is 3.35. The van der Waals surface area contributed by atoms with Gasteiger partial charge in [-0.1, -0.05) is 6.07 Å². The number of carbonyl (C=O) groups excluding carboxylic acids is 1. The van der Waals surface area contributed by atoms with E-state index in [1.165, 1.54) is 12.1 Å². The number of benzene rings is 1. The molecule has 5 nitrogen and oxygen atoms in total. The van der Waals surface area contributed by atoms with Crippen LogP contribution in [-0.4, -0.2) is 48.1 Å². The SMILES string of the molecule is O=C1CC[C@H](CCNCCOc2ccc(F)cc2)N1CCc1ccccn1. The Morgan fingerprint density at radius 1 is 1.19 bits per heavy atom. The van der Waals surface area contributed by atoms with Crippen LogP contribution in [-0.2, 0) is 11.2 Å². The Morgan fingerprint density at radius 3 is 2.81 bits per heavy atom. The van der Waals surface area contributed by atoms with Gasteiger partial charge in [0.25, 0.3) is 0 Å². The Labute approximate surface area is 159 Å². The Balaban J connectivity index is 1.33. The average molecular weight is 371 g/mol. The van der Waals surface area contributed by atoms with Crippen LogP contribution in [0, 0.1) is 5.82 Å². The van der Waals surface area contributed by atoms with Crippen molar-refractivity contribution in [2.75, 3.05) is 26.2 Å². The van der Waals surface area contributed by atoms with Crippen molar-refractivity contribution in [3.05, 3.63) is 60.2 Å². The standard InChI is InChI=1S/C21H26FN3O2/c22-17-4-7-20(8-5-17)27-16-14-23-13-10-19-6-9-21(26)25(19)15-11-18-3-1-2-12-24-18/h1-5,7-8,12,19,23H,6,9-11,13-16H2/t19-/m1/s1. The minimum absolute atomic E-state index is 0.246. The molecule has 1 N–H and O–H groups in total. The predicted octanol–water partition coefficient (Wildman–Crippen LogP) is 2.81. The molecule has 2 aromatic rings. The molecule has 1 aromatic heterocycles. The Morgan fingerprint density at radius 2 is 2.04 bits per heavy atom. The second kappa shape index (κ2) is 10.0. The summed E-state index contributed by atoms with van der Waals surface area (Å²) < 4.78 is 18.4. The predicted molar refractivity (Wildman–Crippen MR) is 102 cm³/mol. The van der Waals surface area contributed by atoms with Gasteiger partial charge in [0.2, 0.25) is 5.91 Å². The number of pyridine rings is 1. The third kappa shape index (κ3) is 6.03. The number of halogens is 1. The minimum atomic E-state index is -0.265. The largest absolute Gasteiger partial charge is 0.492 e. The first kappa shape index (κ1) is 19.3. The van der Waals surface area contributed by atoms with E-state index in [1.54, 1.807) is 18.3 Å². The lowest BCUT2D eigenvalue weighted by molar-refractivity contribution is -0.129. The molecule has 0 radical (unpaired) electrons. The molecule has 1 atom stereocenters. The fourth-order valence-corrected chi connectivity index (χ4v) is 3.35. The number of carbonyl (C=O) groups is 1. The van der Waals surface area contributed by atoms with Crippen LogP contribution in [0.4, 0.5) is 4.39 Å². The maximum Gasteiger partial charge on any atom is 0.222 e. The molecule has 0 unspecified atom stereocenters. The van der Waals surface area contributed by atoms with Gasteiger partial charge in [-0.05, 0) is 55.8 Å². The minimum Gasteiger partial charge on any atom is -0.492 e. The normalized spacial score (nSPS) is 16.7. The van der Waals surface area contributed by atoms with Crippen LogP contribution in [0.15, 0.2) is 48.7 Å². The third-order valence-corrected chi connectivity index (χ3v) is 4.80. The number of ether oxygens (including phenoxy) is 1. The van der Waals surface area contributed by atoms with Gasteiger partial charge in [-0.25, -0.2) is 4.39 Å². The Bertz CT molecular complexity index is 709. The van der Waals surface area contributed by atoms with Crippen LogP contribution in [0.3, 0.4) is 0 Å². The topological polar surface area (TPSA) is 54.5 Å². The number of nitrogens with one attached hydrogen (secondary N) is 1. The van der Waals surface area contributed by atoms with E-state index in [9.17, 15) is 9.18 Å². The molecule has 27 heavy (non-hydrogen) atoms. The number of hydrogen-bond donors (Lipinski definition) is 1. The van der Waals surface area contributed by atoms with Crippen molar-refractivity contribution < 1.29 is 13.9 Å². The van der Waals surface area contributed by atoms with E-state index in [0.717, 1.165) is 38.0 Å². The zero-order chi connectivity index (χ0) is 18.9. The van der Waals surface area contributed by atoms with Gasteiger partial charge in [-0.15, -0.1) is 0 Å². The molecule has 1 aliphatic heterocycles. The van der Waals surface area contributed by atoms with Crippen molar-refractivity contribution in [1.29, 1.82) is 0 Å². The van der Waals surface area contributed by atoms with Crippen LogP contribution in [0.2, 0.25) is 0 Å². The van der Waals surface area contributed by atoms with E-state index in [4.69, 9.17) is 4.74 Å². The summed E-state index contributed by atoms with van der Waals surface area (Å²) in [7, 11) is 0. The number of nitrogens with zero attached hydrogens (tertiary/aromatic N) is 2. The van der Waals surface area contributed by atoms with E-state index in [2.05, 4.69) is 10.3 Å². The van der Waals surface area contributed by atoms with Crippen LogP contribution in [0.1, 0.15) is 25.0 Å². The molecule has 0 saturated carbocycles. The van der Waals surface area contributed by atoms with Crippen molar-refractivity contribution in [3.8, 4) is 5.75 Å². The lowest BCUT2D eigenvalue weighted by atomic mass is 10.1. The summed E-state index contributed by atoms with van der Waals surface area (Å²) in [6, 6.07) is 12.2. The molecule has 0 aliphatic carbocycles. The lowest BCUT2D eigenvalue weighted by Crippen LogP contribution is -2.37. The first-order valence-electron chi connectivity index (χ1n) is 9.51. The summed E-state index contributed by atoms with van der Waals surface area (Å²) in [5, 5.41) is 3.35. The van der Waals surface area contributed by atoms with Gasteiger partial charge in [0.05, 0.1) is 0 Å². The van der Waals surface area contributed by atoms with Gasteiger partial charge in [0, 0.05) is 43.9 Å². The Hall–Kier alpha value is -2.47. The molecule has 144 valence electrons. The maximum atomic E-state index is 12.8. The summed E-state index contributed by atoms with van der Waals surface area (Å²) in [4.78, 5) is 18.5. The summed E-state index contributed by atoms with van der Waals surface area (Å²) >= 11 is 0. The molecule has 1 aliphatic rings. The zero-order valence-corrected chi connectivity index (χ0v) is 15.4. The first-order chi connectivity index (χ1) is 13.2. The van der Waals surface area contributed by atoms with E-state index in [0.29, 0.717) is 31.4 Å². The van der Waals surface area contributed by atoms with Crippen molar-refractivity contribution in [3.63, 3.8) is 0 Å². The molecule has 1 saturated heterocycles. The van der Waals surface area contributed by atoms with E-state index in [1.807, 2.05) is 23.1 Å². The number of hydrogen-bond acceptors (Lipinski definition) is 4. The third-order valence-electron chi connectivity index (χ3n) is 4.80. The fraction of sp³-hybridized carbons (Fsp3) is 0.429. The number of amides is 1. The van der Waals surface area contributed by atoms with Crippen LogP contribution in [0.5, 0.6) is 5.75 Å². The molecule has 1 fully saturated rings. The second-order valence-electron chi connectivity index (χ2n) is 6.69. The highest BCUT2D eigenvalue weighted by atomic mass is 19.1. The number of rotatable bonds is 10. The molecule has 0 bridgehead atoms. The Kier molecular flexibility index (Phi) is 7.16. The molecule has 1 aromatic carbocycles. The second-order valence-corrected chi connectivity index (χ2v) is 6.69.